The topological polar surface area (TPSA) is 25.0 Å². The number of aromatic nitrogens is 1. The quantitative estimate of drug-likeness (QED) is 0.699. The third-order valence-electron chi connectivity index (χ3n) is 2.86. The van der Waals surface area contributed by atoms with Gasteiger partial charge in [0.15, 0.2) is 0 Å². The van der Waals surface area contributed by atoms with Gasteiger partial charge in [-0.3, -0.25) is 0 Å². The van der Waals surface area contributed by atoms with Crippen LogP contribution in [0.3, 0.4) is 0 Å². The molecule has 1 aromatic heterocycles. The number of hydrogen-bond acceptors (Lipinski definition) is 1. The molecule has 0 aliphatic heterocycles. The van der Waals surface area contributed by atoms with Gasteiger partial charge in [0.1, 0.15) is 12.4 Å². The first-order valence-corrected chi connectivity index (χ1v) is 6.85. The number of aromatic amines is 1. The summed E-state index contributed by atoms with van der Waals surface area (Å²) >= 11 is 2.32. The van der Waals surface area contributed by atoms with Crippen LogP contribution >= 0.6 is 22.6 Å². The van der Waals surface area contributed by atoms with Gasteiger partial charge in [-0.1, -0.05) is 36.4 Å². The summed E-state index contributed by atoms with van der Waals surface area (Å²) in [6.07, 6.45) is 2.00. The predicted molar refractivity (Wildman–Crippen MR) is 81.8 cm³/mol. The zero-order chi connectivity index (χ0) is 12.4. The number of H-pyrrole nitrogens is 1. The lowest BCUT2D eigenvalue weighted by atomic mass is 10.2. The van der Waals surface area contributed by atoms with Crippen LogP contribution in [-0.2, 0) is 6.61 Å². The molecule has 18 heavy (non-hydrogen) atoms. The molecular formula is C15H12INO. The molecule has 3 rings (SSSR count). The highest BCUT2D eigenvalue weighted by molar-refractivity contribution is 14.1. The molecule has 90 valence electrons. The maximum absolute atomic E-state index is 5.92. The van der Waals surface area contributed by atoms with Crippen LogP contribution in [0.25, 0.3) is 10.9 Å². The Morgan fingerprint density at radius 1 is 1.00 bits per heavy atom. The molecule has 2 aromatic carbocycles. The number of benzene rings is 2. The molecule has 0 saturated heterocycles. The van der Waals surface area contributed by atoms with Crippen molar-refractivity contribution in [3.8, 4) is 5.75 Å². The second kappa shape index (κ2) is 5.02. The third-order valence-corrected chi connectivity index (χ3v) is 3.71. The van der Waals surface area contributed by atoms with Gasteiger partial charge in [-0.25, -0.2) is 0 Å². The molecule has 0 amide bonds. The van der Waals surface area contributed by atoms with E-state index in [1.165, 1.54) is 9.13 Å². The first kappa shape index (κ1) is 11.6. The summed E-state index contributed by atoms with van der Waals surface area (Å²) in [5.74, 6) is 0.932. The Kier molecular flexibility index (Phi) is 3.23. The minimum atomic E-state index is 0.598. The van der Waals surface area contributed by atoms with Crippen molar-refractivity contribution in [3.05, 3.63) is 63.9 Å². The summed E-state index contributed by atoms with van der Waals surface area (Å²) in [5.41, 5.74) is 2.30. The molecule has 0 saturated carbocycles. The molecule has 0 fully saturated rings. The summed E-state index contributed by atoms with van der Waals surface area (Å²) < 4.78 is 7.11. The van der Waals surface area contributed by atoms with Gasteiger partial charge >= 0.3 is 0 Å². The van der Waals surface area contributed by atoms with E-state index in [9.17, 15) is 0 Å². The van der Waals surface area contributed by atoms with E-state index < -0.39 is 0 Å². The normalized spacial score (nSPS) is 10.7. The highest BCUT2D eigenvalue weighted by atomic mass is 127. The number of fused-ring (bicyclic) bond motifs is 1. The first-order valence-electron chi connectivity index (χ1n) is 5.77. The molecule has 0 radical (unpaired) electrons. The molecule has 0 spiro atoms. The molecule has 0 bridgehead atoms. The predicted octanol–water partition coefficient (Wildman–Crippen LogP) is 4.35. The summed E-state index contributed by atoms with van der Waals surface area (Å²) in [5, 5.41) is 1.16. The highest BCUT2D eigenvalue weighted by Gasteiger charge is 2.07. The number of hydrogen-bond donors (Lipinski definition) is 1. The molecule has 3 aromatic rings. The first-order chi connectivity index (χ1) is 8.84. The van der Waals surface area contributed by atoms with Crippen molar-refractivity contribution in [1.82, 2.24) is 4.98 Å². The fourth-order valence-electron chi connectivity index (χ4n) is 1.97. The minimum absolute atomic E-state index is 0.598. The standard InChI is InChI=1S/C15H12INO/c16-12-9-17-13-7-4-8-14(15(12)13)18-10-11-5-2-1-3-6-11/h1-9,17H,10H2. The van der Waals surface area contributed by atoms with Gasteiger partial charge in [0.05, 0.1) is 10.9 Å². The van der Waals surface area contributed by atoms with Crippen LogP contribution in [0.5, 0.6) is 5.75 Å². The Bertz CT molecular complexity index is 661. The number of halogens is 1. The van der Waals surface area contributed by atoms with Crippen molar-refractivity contribution in [1.29, 1.82) is 0 Å². The SMILES string of the molecule is Ic1c[nH]c2cccc(OCc3ccccc3)c12. The van der Waals surface area contributed by atoms with Crippen LogP contribution in [0.4, 0.5) is 0 Å². The Balaban J connectivity index is 1.89. The fourth-order valence-corrected chi connectivity index (χ4v) is 2.68. The smallest absolute Gasteiger partial charge is 0.130 e. The van der Waals surface area contributed by atoms with Crippen LogP contribution in [0, 0.1) is 3.57 Å². The largest absolute Gasteiger partial charge is 0.488 e. The summed E-state index contributed by atoms with van der Waals surface area (Å²) in [6, 6.07) is 16.3. The maximum atomic E-state index is 5.92. The lowest BCUT2D eigenvalue weighted by molar-refractivity contribution is 0.310. The zero-order valence-electron chi connectivity index (χ0n) is 9.69. The third kappa shape index (κ3) is 2.22. The highest BCUT2D eigenvalue weighted by Crippen LogP contribution is 2.30. The average molecular weight is 349 g/mol. The van der Waals surface area contributed by atoms with E-state index in [1.807, 2.05) is 36.5 Å². The Morgan fingerprint density at radius 2 is 1.83 bits per heavy atom. The van der Waals surface area contributed by atoms with Crippen LogP contribution in [0.2, 0.25) is 0 Å². The number of rotatable bonds is 3. The fraction of sp³-hybridized carbons (Fsp3) is 0.0667. The molecule has 2 nitrogen and oxygen atoms in total. The molecule has 0 unspecified atom stereocenters. The van der Waals surface area contributed by atoms with E-state index in [4.69, 9.17) is 4.74 Å². The van der Waals surface area contributed by atoms with E-state index in [2.05, 4.69) is 45.8 Å². The monoisotopic (exact) mass is 349 g/mol. The van der Waals surface area contributed by atoms with Gasteiger partial charge in [-0.15, -0.1) is 0 Å². The van der Waals surface area contributed by atoms with Crippen LogP contribution in [-0.4, -0.2) is 4.98 Å². The molecule has 1 heterocycles. The Labute approximate surface area is 119 Å². The Morgan fingerprint density at radius 3 is 2.67 bits per heavy atom. The lowest BCUT2D eigenvalue weighted by Crippen LogP contribution is -1.95. The van der Waals surface area contributed by atoms with Crippen molar-refractivity contribution < 1.29 is 4.74 Å². The van der Waals surface area contributed by atoms with Gasteiger partial charge in [0.25, 0.3) is 0 Å². The number of nitrogens with one attached hydrogen (secondary N) is 1. The lowest BCUT2D eigenvalue weighted by Gasteiger charge is -2.07. The van der Waals surface area contributed by atoms with Gasteiger partial charge in [-0.2, -0.15) is 0 Å². The molecule has 0 atom stereocenters. The molecule has 0 aliphatic carbocycles. The maximum Gasteiger partial charge on any atom is 0.130 e. The summed E-state index contributed by atoms with van der Waals surface area (Å²) in [4.78, 5) is 3.24. The second-order valence-corrected chi connectivity index (χ2v) is 5.25. The van der Waals surface area contributed by atoms with E-state index in [-0.39, 0.29) is 0 Å². The molecule has 3 heteroatoms. The van der Waals surface area contributed by atoms with Crippen LogP contribution < -0.4 is 4.74 Å². The number of ether oxygens (including phenoxy) is 1. The van der Waals surface area contributed by atoms with Crippen LogP contribution in [0.1, 0.15) is 5.56 Å². The zero-order valence-corrected chi connectivity index (χ0v) is 11.8. The van der Waals surface area contributed by atoms with Gasteiger partial charge in [0, 0.05) is 9.77 Å². The van der Waals surface area contributed by atoms with Crippen molar-refractivity contribution in [3.63, 3.8) is 0 Å². The van der Waals surface area contributed by atoms with Crippen molar-refractivity contribution in [2.45, 2.75) is 6.61 Å². The molecule has 1 N–H and O–H groups in total. The van der Waals surface area contributed by atoms with Gasteiger partial charge < -0.3 is 9.72 Å². The van der Waals surface area contributed by atoms with Crippen molar-refractivity contribution in [2.24, 2.45) is 0 Å². The van der Waals surface area contributed by atoms with Crippen molar-refractivity contribution in [2.75, 3.05) is 0 Å². The summed E-state index contributed by atoms with van der Waals surface area (Å²) in [7, 11) is 0. The molecular weight excluding hydrogens is 337 g/mol. The Hall–Kier alpha value is -1.49. The minimum Gasteiger partial charge on any atom is -0.488 e. The van der Waals surface area contributed by atoms with Crippen molar-refractivity contribution >= 4 is 33.5 Å². The molecule has 0 aliphatic rings. The van der Waals surface area contributed by atoms with E-state index in [1.54, 1.807) is 0 Å². The van der Waals surface area contributed by atoms with E-state index in [0.717, 1.165) is 16.7 Å². The second-order valence-electron chi connectivity index (χ2n) is 4.09. The van der Waals surface area contributed by atoms with Gasteiger partial charge in [0.2, 0.25) is 0 Å². The summed E-state index contributed by atoms with van der Waals surface area (Å²) in [6.45, 7) is 0.598. The van der Waals surface area contributed by atoms with E-state index >= 15 is 0 Å². The van der Waals surface area contributed by atoms with Gasteiger partial charge in [-0.05, 0) is 40.3 Å². The average Bonchev–Trinajstić information content (AvgIpc) is 2.80. The van der Waals surface area contributed by atoms with Crippen LogP contribution in [0.15, 0.2) is 54.7 Å². The van der Waals surface area contributed by atoms with E-state index in [0.29, 0.717) is 6.61 Å².